The van der Waals surface area contributed by atoms with Gasteiger partial charge in [0.1, 0.15) is 0 Å². The lowest BCUT2D eigenvalue weighted by molar-refractivity contribution is -0.148. The van der Waals surface area contributed by atoms with Gasteiger partial charge in [0, 0.05) is 14.2 Å². The smallest absolute Gasteiger partial charge is 0.309 e. The van der Waals surface area contributed by atoms with Gasteiger partial charge in [0.25, 0.3) is 0 Å². The van der Waals surface area contributed by atoms with Gasteiger partial charge in [-0.25, -0.2) is 0 Å². The second-order valence-corrected chi connectivity index (χ2v) is 7.44. The Hall–Kier alpha value is -1.39. The van der Waals surface area contributed by atoms with E-state index in [1.54, 1.807) is 14.2 Å². The summed E-state index contributed by atoms with van der Waals surface area (Å²) in [5.74, 6) is -0.688. The van der Waals surface area contributed by atoms with E-state index in [1.807, 2.05) is 37.3 Å². The lowest BCUT2D eigenvalue weighted by Crippen LogP contribution is -2.30. The second kappa shape index (κ2) is 12.9. The van der Waals surface area contributed by atoms with E-state index in [2.05, 4.69) is 0 Å². The molecular weight excluding hydrogens is 328 g/mol. The molecule has 4 heteroatoms. The fourth-order valence-corrected chi connectivity index (χ4v) is 3.36. The molecule has 148 valence electrons. The first-order valence-corrected chi connectivity index (χ1v) is 9.85. The summed E-state index contributed by atoms with van der Waals surface area (Å²) in [4.78, 5) is 11.7. The molecule has 0 bridgehead atoms. The summed E-state index contributed by atoms with van der Waals surface area (Å²) in [6.45, 7) is 1.88. The number of hydrogen-bond acceptors (Lipinski definition) is 3. The molecule has 1 aromatic carbocycles. The minimum absolute atomic E-state index is 0.0756. The summed E-state index contributed by atoms with van der Waals surface area (Å²) in [7, 11) is 3.35. The third kappa shape index (κ3) is 8.81. The molecule has 0 aliphatic carbocycles. The Labute approximate surface area is 158 Å². The first-order chi connectivity index (χ1) is 12.5. The van der Waals surface area contributed by atoms with Crippen molar-refractivity contribution in [1.29, 1.82) is 0 Å². The van der Waals surface area contributed by atoms with Gasteiger partial charge in [-0.2, -0.15) is 0 Å². The van der Waals surface area contributed by atoms with Crippen molar-refractivity contribution in [2.24, 2.45) is 5.41 Å². The third-order valence-electron chi connectivity index (χ3n) is 5.15. The van der Waals surface area contributed by atoms with Crippen LogP contribution in [0, 0.1) is 5.41 Å². The molecule has 0 spiro atoms. The van der Waals surface area contributed by atoms with E-state index < -0.39 is 11.4 Å². The van der Waals surface area contributed by atoms with Crippen LogP contribution in [0.5, 0.6) is 0 Å². The molecule has 26 heavy (non-hydrogen) atoms. The van der Waals surface area contributed by atoms with Crippen molar-refractivity contribution in [3.63, 3.8) is 0 Å². The van der Waals surface area contributed by atoms with Crippen LogP contribution in [0.3, 0.4) is 0 Å². The summed E-state index contributed by atoms with van der Waals surface area (Å²) in [5, 5.41) is 9.66. The van der Waals surface area contributed by atoms with E-state index in [9.17, 15) is 9.90 Å². The van der Waals surface area contributed by atoms with Crippen molar-refractivity contribution >= 4 is 5.97 Å². The molecule has 0 saturated carbocycles. The van der Waals surface area contributed by atoms with E-state index in [0.29, 0.717) is 6.42 Å². The zero-order valence-corrected chi connectivity index (χ0v) is 16.7. The van der Waals surface area contributed by atoms with Crippen LogP contribution in [-0.4, -0.2) is 31.6 Å². The Kier molecular flexibility index (Phi) is 11.2. The van der Waals surface area contributed by atoms with Gasteiger partial charge < -0.3 is 14.6 Å². The number of ether oxygens (including phenoxy) is 2. The third-order valence-corrected chi connectivity index (χ3v) is 5.15. The van der Waals surface area contributed by atoms with Crippen LogP contribution in [0.1, 0.15) is 70.3 Å². The van der Waals surface area contributed by atoms with Gasteiger partial charge in [-0.15, -0.1) is 0 Å². The Morgan fingerprint density at radius 3 is 2.04 bits per heavy atom. The minimum Gasteiger partial charge on any atom is -0.481 e. The van der Waals surface area contributed by atoms with Crippen molar-refractivity contribution in [3.05, 3.63) is 35.9 Å². The molecule has 0 saturated heterocycles. The maximum atomic E-state index is 11.7. The number of rotatable bonds is 15. The van der Waals surface area contributed by atoms with Crippen molar-refractivity contribution in [2.45, 2.75) is 77.4 Å². The van der Waals surface area contributed by atoms with Crippen LogP contribution in [0.4, 0.5) is 0 Å². The molecule has 0 radical (unpaired) electrons. The van der Waals surface area contributed by atoms with Crippen molar-refractivity contribution in [2.75, 3.05) is 14.2 Å². The predicted octanol–water partition coefficient (Wildman–Crippen LogP) is 5.45. The van der Waals surface area contributed by atoms with Crippen LogP contribution >= 0.6 is 0 Å². The molecule has 0 fully saturated rings. The van der Waals surface area contributed by atoms with Crippen molar-refractivity contribution < 1.29 is 19.4 Å². The summed E-state index contributed by atoms with van der Waals surface area (Å²) in [5.41, 5.74) is 0.430. The molecule has 1 aromatic rings. The number of methoxy groups -OCH3 is 2. The number of aliphatic carboxylic acids is 1. The van der Waals surface area contributed by atoms with Crippen LogP contribution in [-0.2, 0) is 20.7 Å². The molecule has 0 amide bonds. The van der Waals surface area contributed by atoms with Crippen molar-refractivity contribution in [1.82, 2.24) is 0 Å². The highest BCUT2D eigenvalue weighted by Gasteiger charge is 2.32. The molecule has 0 heterocycles. The molecule has 1 atom stereocenters. The Morgan fingerprint density at radius 1 is 0.962 bits per heavy atom. The predicted molar refractivity (Wildman–Crippen MR) is 105 cm³/mol. The number of benzene rings is 1. The maximum absolute atomic E-state index is 11.7. The van der Waals surface area contributed by atoms with E-state index in [1.165, 1.54) is 25.7 Å². The van der Waals surface area contributed by atoms with Gasteiger partial charge in [-0.3, -0.25) is 4.79 Å². The quantitative estimate of drug-likeness (QED) is 0.332. The molecule has 1 rings (SSSR count). The average molecular weight is 365 g/mol. The fraction of sp³-hybridized carbons (Fsp3) is 0.682. The van der Waals surface area contributed by atoms with E-state index >= 15 is 0 Å². The largest absolute Gasteiger partial charge is 0.481 e. The summed E-state index contributed by atoms with van der Waals surface area (Å²) < 4.78 is 10.4. The molecule has 1 N–H and O–H groups in total. The Balaban J connectivity index is 2.17. The first kappa shape index (κ1) is 22.7. The molecule has 0 aromatic heterocycles. The summed E-state index contributed by atoms with van der Waals surface area (Å²) >= 11 is 0. The van der Waals surface area contributed by atoms with Gasteiger partial charge in [0.2, 0.25) is 0 Å². The highest BCUT2D eigenvalue weighted by molar-refractivity contribution is 5.74. The number of carboxylic acids is 1. The highest BCUT2D eigenvalue weighted by Crippen LogP contribution is 2.30. The molecule has 1 unspecified atom stereocenters. The number of hydrogen-bond donors (Lipinski definition) is 1. The topological polar surface area (TPSA) is 55.8 Å². The minimum atomic E-state index is -0.688. The number of carboxylic acid groups (broad SMARTS) is 1. The van der Waals surface area contributed by atoms with Gasteiger partial charge in [-0.1, -0.05) is 68.9 Å². The average Bonchev–Trinajstić information content (AvgIpc) is 2.64. The Morgan fingerprint density at radius 2 is 1.50 bits per heavy atom. The Bertz CT molecular complexity index is 484. The zero-order valence-electron chi connectivity index (χ0n) is 16.7. The van der Waals surface area contributed by atoms with Gasteiger partial charge in [0.15, 0.2) is 6.29 Å². The van der Waals surface area contributed by atoms with Crippen LogP contribution in [0.25, 0.3) is 0 Å². The van der Waals surface area contributed by atoms with Crippen molar-refractivity contribution in [3.8, 4) is 0 Å². The monoisotopic (exact) mass is 364 g/mol. The summed E-state index contributed by atoms with van der Waals surface area (Å²) in [6.07, 6.45) is 10.2. The fourth-order valence-electron chi connectivity index (χ4n) is 3.36. The lowest BCUT2D eigenvalue weighted by atomic mass is 9.79. The van der Waals surface area contributed by atoms with E-state index in [-0.39, 0.29) is 6.29 Å². The van der Waals surface area contributed by atoms with Gasteiger partial charge in [-0.05, 0) is 38.2 Å². The standard InChI is InChI=1S/C22H36O4/c1-22(21(23)24,18-19-14-10-9-11-15-19)17-13-8-6-4-5-7-12-16-20(25-2)26-3/h9-11,14-15,20H,4-8,12-13,16-18H2,1-3H3,(H,23,24). The molecule has 4 nitrogen and oxygen atoms in total. The van der Waals surface area contributed by atoms with E-state index in [0.717, 1.165) is 37.7 Å². The molecular formula is C22H36O4. The van der Waals surface area contributed by atoms with Gasteiger partial charge in [0.05, 0.1) is 5.41 Å². The van der Waals surface area contributed by atoms with E-state index in [4.69, 9.17) is 9.47 Å². The van der Waals surface area contributed by atoms with Crippen LogP contribution < -0.4 is 0 Å². The SMILES string of the molecule is COC(CCCCCCCCCC(C)(Cc1ccccc1)C(=O)O)OC. The van der Waals surface area contributed by atoms with Crippen LogP contribution in [0.15, 0.2) is 30.3 Å². The summed E-state index contributed by atoms with van der Waals surface area (Å²) in [6, 6.07) is 9.93. The number of carbonyl (C=O) groups is 1. The highest BCUT2D eigenvalue weighted by atomic mass is 16.7. The van der Waals surface area contributed by atoms with Gasteiger partial charge >= 0.3 is 5.97 Å². The zero-order chi connectivity index (χ0) is 19.3. The van der Waals surface area contributed by atoms with Crippen LogP contribution in [0.2, 0.25) is 0 Å². The second-order valence-electron chi connectivity index (χ2n) is 7.44. The molecule has 0 aliphatic rings. The molecule has 0 aliphatic heterocycles. The normalized spacial score (nSPS) is 13.7. The maximum Gasteiger partial charge on any atom is 0.309 e. The first-order valence-electron chi connectivity index (χ1n) is 9.85. The number of unbranched alkanes of at least 4 members (excludes halogenated alkanes) is 6. The lowest BCUT2D eigenvalue weighted by Gasteiger charge is -2.25.